The molecule has 1 heterocycles. The lowest BCUT2D eigenvalue weighted by molar-refractivity contribution is 0.0808. The van der Waals surface area contributed by atoms with E-state index in [9.17, 15) is 0 Å². The molecule has 1 aromatic rings. The average molecular weight is 242 g/mol. The first-order valence-electron chi connectivity index (χ1n) is 5.63. The Bertz CT molecular complexity index is 331. The van der Waals surface area contributed by atoms with Gasteiger partial charge < -0.3 is 14.4 Å². The number of rotatable bonds is 6. The highest BCUT2D eigenvalue weighted by Gasteiger charge is 2.12. The molecule has 0 atom stereocenters. The van der Waals surface area contributed by atoms with Crippen LogP contribution in [0.2, 0.25) is 25.7 Å². The predicted molar refractivity (Wildman–Crippen MR) is 67.0 cm³/mol. The van der Waals surface area contributed by atoms with Crippen LogP contribution in [0, 0.1) is 6.92 Å². The van der Waals surface area contributed by atoms with E-state index >= 15 is 0 Å². The molecule has 0 unspecified atom stereocenters. The Labute approximate surface area is 98.3 Å². The number of hydrogen-bond donors (Lipinski definition) is 1. The topological polar surface area (TPSA) is 47.3 Å². The molecule has 0 bridgehead atoms. The molecule has 0 aliphatic rings. The zero-order valence-electron chi connectivity index (χ0n) is 10.7. The number of imidazole rings is 1. The molecule has 4 nitrogen and oxygen atoms in total. The number of ether oxygens (including phenoxy) is 1. The van der Waals surface area contributed by atoms with Gasteiger partial charge in [0.25, 0.3) is 0 Å². The van der Waals surface area contributed by atoms with Gasteiger partial charge in [0.05, 0.1) is 18.5 Å². The van der Waals surface area contributed by atoms with Gasteiger partial charge in [-0.15, -0.1) is 0 Å². The van der Waals surface area contributed by atoms with Crippen molar-refractivity contribution >= 4 is 8.07 Å². The minimum absolute atomic E-state index is 0.0121. The fourth-order valence-electron chi connectivity index (χ4n) is 1.35. The van der Waals surface area contributed by atoms with E-state index < -0.39 is 8.07 Å². The maximum atomic E-state index is 9.11. The lowest BCUT2D eigenvalue weighted by atomic mass is 10.5. The Hall–Kier alpha value is -0.653. The summed E-state index contributed by atoms with van der Waals surface area (Å²) in [4.78, 5) is 4.15. The number of aliphatic hydroxyl groups is 1. The number of aliphatic hydroxyl groups excluding tert-OH is 1. The summed E-state index contributed by atoms with van der Waals surface area (Å²) >= 11 is 0. The first kappa shape index (κ1) is 13.4. The first-order chi connectivity index (χ1) is 7.44. The molecule has 5 heteroatoms. The Balaban J connectivity index is 2.40. The molecule has 0 aliphatic heterocycles. The van der Waals surface area contributed by atoms with E-state index in [1.165, 1.54) is 0 Å². The molecule has 0 spiro atoms. The van der Waals surface area contributed by atoms with Crippen LogP contribution >= 0.6 is 0 Å². The Morgan fingerprint density at radius 3 is 2.69 bits per heavy atom. The first-order valence-corrected chi connectivity index (χ1v) is 9.34. The van der Waals surface area contributed by atoms with Crippen LogP contribution < -0.4 is 0 Å². The SMILES string of the molecule is Cc1ncc(CO)n1COCC[Si](C)(C)C. The summed E-state index contributed by atoms with van der Waals surface area (Å²) in [6, 6.07) is 1.16. The third kappa shape index (κ3) is 4.07. The van der Waals surface area contributed by atoms with Crippen molar-refractivity contribution in [1.29, 1.82) is 0 Å². The van der Waals surface area contributed by atoms with Crippen molar-refractivity contribution in [3.05, 3.63) is 17.7 Å². The lowest BCUT2D eigenvalue weighted by Gasteiger charge is -2.16. The molecule has 0 aliphatic carbocycles. The molecule has 1 aromatic heterocycles. The van der Waals surface area contributed by atoms with Crippen LogP contribution in [0.5, 0.6) is 0 Å². The average Bonchev–Trinajstić information content (AvgIpc) is 2.53. The van der Waals surface area contributed by atoms with Gasteiger partial charge in [-0.25, -0.2) is 4.98 Å². The summed E-state index contributed by atoms with van der Waals surface area (Å²) in [5.74, 6) is 0.886. The van der Waals surface area contributed by atoms with Crippen molar-refractivity contribution in [1.82, 2.24) is 9.55 Å². The van der Waals surface area contributed by atoms with Gasteiger partial charge >= 0.3 is 0 Å². The van der Waals surface area contributed by atoms with Gasteiger partial charge in [-0.2, -0.15) is 0 Å². The van der Waals surface area contributed by atoms with E-state index in [0.717, 1.165) is 24.2 Å². The van der Waals surface area contributed by atoms with Crippen molar-refractivity contribution in [3.63, 3.8) is 0 Å². The van der Waals surface area contributed by atoms with Crippen LogP contribution in [0.4, 0.5) is 0 Å². The van der Waals surface area contributed by atoms with Gasteiger partial charge in [-0.3, -0.25) is 0 Å². The molecule has 1 N–H and O–H groups in total. The van der Waals surface area contributed by atoms with E-state index in [0.29, 0.717) is 6.73 Å². The molecule has 0 radical (unpaired) electrons. The Morgan fingerprint density at radius 1 is 1.44 bits per heavy atom. The molecule has 0 saturated carbocycles. The normalized spacial score (nSPS) is 12.1. The van der Waals surface area contributed by atoms with E-state index in [1.807, 2.05) is 11.5 Å². The summed E-state index contributed by atoms with van der Waals surface area (Å²) < 4.78 is 7.53. The van der Waals surface area contributed by atoms with Crippen molar-refractivity contribution in [3.8, 4) is 0 Å². The quantitative estimate of drug-likeness (QED) is 0.613. The number of aryl methyl sites for hydroxylation is 1. The minimum Gasteiger partial charge on any atom is -0.390 e. The lowest BCUT2D eigenvalue weighted by Crippen LogP contribution is -2.22. The van der Waals surface area contributed by atoms with Crippen LogP contribution in [0.3, 0.4) is 0 Å². The van der Waals surface area contributed by atoms with Crippen molar-refractivity contribution in [2.24, 2.45) is 0 Å². The van der Waals surface area contributed by atoms with E-state index in [2.05, 4.69) is 24.6 Å². The second kappa shape index (κ2) is 5.61. The maximum Gasteiger partial charge on any atom is 0.124 e. The summed E-state index contributed by atoms with van der Waals surface area (Å²) in [5, 5.41) is 9.11. The molecule has 0 saturated heterocycles. The maximum absolute atomic E-state index is 9.11. The van der Waals surface area contributed by atoms with Gasteiger partial charge in [0.15, 0.2) is 0 Å². The zero-order chi connectivity index (χ0) is 12.2. The minimum atomic E-state index is -1.01. The highest BCUT2D eigenvalue weighted by molar-refractivity contribution is 6.76. The monoisotopic (exact) mass is 242 g/mol. The molecule has 0 fully saturated rings. The highest BCUT2D eigenvalue weighted by Crippen LogP contribution is 2.09. The van der Waals surface area contributed by atoms with Gasteiger partial charge in [0, 0.05) is 14.7 Å². The van der Waals surface area contributed by atoms with Crippen molar-refractivity contribution < 1.29 is 9.84 Å². The summed E-state index contributed by atoms with van der Waals surface area (Å²) in [7, 11) is -1.01. The molecule has 16 heavy (non-hydrogen) atoms. The second-order valence-corrected chi connectivity index (χ2v) is 10.9. The molecule has 1 rings (SSSR count). The van der Waals surface area contributed by atoms with E-state index in [1.54, 1.807) is 6.20 Å². The fraction of sp³-hybridized carbons (Fsp3) is 0.727. The van der Waals surface area contributed by atoms with Crippen LogP contribution in [-0.4, -0.2) is 29.3 Å². The molecular weight excluding hydrogens is 220 g/mol. The third-order valence-corrected chi connectivity index (χ3v) is 4.22. The second-order valence-electron chi connectivity index (χ2n) is 5.23. The predicted octanol–water partition coefficient (Wildman–Crippen LogP) is 2.00. The van der Waals surface area contributed by atoms with Crippen LogP contribution in [-0.2, 0) is 18.1 Å². The van der Waals surface area contributed by atoms with Crippen molar-refractivity contribution in [2.75, 3.05) is 6.61 Å². The van der Waals surface area contributed by atoms with E-state index in [-0.39, 0.29) is 6.61 Å². The third-order valence-electron chi connectivity index (χ3n) is 2.52. The number of hydrogen-bond acceptors (Lipinski definition) is 3. The van der Waals surface area contributed by atoms with Gasteiger partial charge in [-0.05, 0) is 13.0 Å². The number of aromatic nitrogens is 2. The molecule has 92 valence electrons. The smallest absolute Gasteiger partial charge is 0.124 e. The van der Waals surface area contributed by atoms with Crippen molar-refractivity contribution in [2.45, 2.75) is 45.9 Å². The fourth-order valence-corrected chi connectivity index (χ4v) is 2.11. The van der Waals surface area contributed by atoms with Gasteiger partial charge in [-0.1, -0.05) is 19.6 Å². The molecule has 0 amide bonds. The Morgan fingerprint density at radius 2 is 2.12 bits per heavy atom. The van der Waals surface area contributed by atoms with Crippen LogP contribution in [0.1, 0.15) is 11.5 Å². The summed E-state index contributed by atoms with van der Waals surface area (Å²) in [6.07, 6.45) is 1.69. The number of nitrogens with zero attached hydrogens (tertiary/aromatic N) is 2. The highest BCUT2D eigenvalue weighted by atomic mass is 28.3. The largest absolute Gasteiger partial charge is 0.390 e. The van der Waals surface area contributed by atoms with Gasteiger partial charge in [0.2, 0.25) is 0 Å². The van der Waals surface area contributed by atoms with Gasteiger partial charge in [0.1, 0.15) is 12.6 Å². The standard InChI is InChI=1S/C11H22N2O2Si/c1-10-12-7-11(8-14)13(10)9-15-5-6-16(2,3)4/h7,14H,5-6,8-9H2,1-4H3. The summed E-state index contributed by atoms with van der Waals surface area (Å²) in [5.41, 5.74) is 0.811. The van der Waals surface area contributed by atoms with Crippen LogP contribution in [0.15, 0.2) is 6.20 Å². The summed E-state index contributed by atoms with van der Waals surface area (Å²) in [6.45, 7) is 10.2. The molecule has 0 aromatic carbocycles. The zero-order valence-corrected chi connectivity index (χ0v) is 11.7. The van der Waals surface area contributed by atoms with Crippen LogP contribution in [0.25, 0.3) is 0 Å². The Kier molecular flexibility index (Phi) is 4.70. The van der Waals surface area contributed by atoms with E-state index in [4.69, 9.17) is 9.84 Å². The molecular formula is C11H22N2O2Si.